The first-order chi connectivity index (χ1) is 14.6. The number of methoxy groups -OCH3 is 1. The molecule has 0 spiro atoms. The Morgan fingerprint density at radius 3 is 2.68 bits per heavy atom. The van der Waals surface area contributed by atoms with Gasteiger partial charge in [0.25, 0.3) is 11.1 Å². The molecule has 31 heavy (non-hydrogen) atoms. The number of carbonyl (C=O) groups excluding carboxylic acids is 1. The maximum absolute atomic E-state index is 12.6. The second-order valence-corrected chi connectivity index (χ2v) is 8.02. The molecule has 0 aliphatic rings. The number of aromatic amines is 1. The van der Waals surface area contributed by atoms with Crippen LogP contribution in [-0.2, 0) is 23.6 Å². The van der Waals surface area contributed by atoms with E-state index in [0.717, 1.165) is 15.9 Å². The van der Waals surface area contributed by atoms with Crippen LogP contribution in [0.1, 0.15) is 26.6 Å². The second kappa shape index (κ2) is 9.00. The van der Waals surface area contributed by atoms with Crippen molar-refractivity contribution >= 4 is 50.2 Å². The molecule has 12 heteroatoms. The molecule has 0 bridgehead atoms. The van der Waals surface area contributed by atoms with E-state index in [-0.39, 0.29) is 39.9 Å². The molecule has 0 saturated heterocycles. The Morgan fingerprint density at radius 2 is 2.00 bits per heavy atom. The van der Waals surface area contributed by atoms with Gasteiger partial charge in [-0.25, -0.2) is 14.6 Å². The maximum Gasteiger partial charge on any atom is 0.348 e. The molecule has 3 aromatic rings. The summed E-state index contributed by atoms with van der Waals surface area (Å²) in [5, 5.41) is 0.250. The largest absolute Gasteiger partial charge is 0.459 e. The number of halogens is 1. The number of rotatable bonds is 6. The number of hydrogen-bond donors (Lipinski definition) is 1. The van der Waals surface area contributed by atoms with Gasteiger partial charge in [-0.3, -0.25) is 14.2 Å². The van der Waals surface area contributed by atoms with E-state index in [4.69, 9.17) is 21.1 Å². The van der Waals surface area contributed by atoms with Crippen LogP contribution in [-0.4, -0.2) is 45.4 Å². The Labute approximate surface area is 184 Å². The number of H-pyrrole nitrogens is 1. The van der Waals surface area contributed by atoms with Crippen LogP contribution in [0.4, 0.5) is 0 Å². The molecular weight excluding hydrogens is 448 g/mol. The second-order valence-electron chi connectivity index (χ2n) is 6.61. The van der Waals surface area contributed by atoms with E-state index < -0.39 is 22.8 Å². The van der Waals surface area contributed by atoms with Crippen LogP contribution in [0.3, 0.4) is 0 Å². The highest BCUT2D eigenvalue weighted by Crippen LogP contribution is 2.29. The summed E-state index contributed by atoms with van der Waals surface area (Å²) < 4.78 is 12.2. The van der Waals surface area contributed by atoms with E-state index in [1.807, 2.05) is 0 Å². The fourth-order valence-corrected chi connectivity index (χ4v) is 4.16. The summed E-state index contributed by atoms with van der Waals surface area (Å²) in [4.78, 5) is 56.5. The third kappa shape index (κ3) is 4.38. The van der Waals surface area contributed by atoms with Crippen LogP contribution < -0.4 is 16.8 Å². The highest BCUT2D eigenvalue weighted by Gasteiger charge is 2.21. The van der Waals surface area contributed by atoms with Crippen LogP contribution >= 0.6 is 22.9 Å². The molecule has 0 aliphatic carbocycles. The number of aromatic nitrogens is 4. The highest BCUT2D eigenvalue weighted by atomic mass is 35.5. The zero-order valence-electron chi connectivity index (χ0n) is 17.1. The van der Waals surface area contributed by atoms with Crippen molar-refractivity contribution in [2.75, 3.05) is 20.3 Å². The number of nitrogens with zero attached hydrogens (tertiary/aromatic N) is 3. The molecule has 164 valence electrons. The van der Waals surface area contributed by atoms with Gasteiger partial charge in [0.05, 0.1) is 22.6 Å². The Bertz CT molecular complexity index is 1380. The van der Waals surface area contributed by atoms with Gasteiger partial charge in [0.1, 0.15) is 16.3 Å². The Kier molecular flexibility index (Phi) is 6.58. The third-order valence-electron chi connectivity index (χ3n) is 4.49. The molecule has 0 unspecified atom stereocenters. The summed E-state index contributed by atoms with van der Waals surface area (Å²) in [5.41, 5.74) is -0.913. The van der Waals surface area contributed by atoms with Gasteiger partial charge in [0.2, 0.25) is 0 Å². The first-order valence-electron chi connectivity index (χ1n) is 8.99. The molecule has 3 rings (SSSR count). The molecule has 3 aromatic heterocycles. The fraction of sp³-hybridized carbons (Fsp3) is 0.316. The van der Waals surface area contributed by atoms with Crippen molar-refractivity contribution in [2.45, 2.75) is 6.92 Å². The Hall–Kier alpha value is -3.02. The molecular formula is C19H19ClN4O6S. The highest BCUT2D eigenvalue weighted by molar-refractivity contribution is 7.20. The molecule has 1 N–H and O–H groups in total. The van der Waals surface area contributed by atoms with Crippen molar-refractivity contribution in [3.8, 4) is 0 Å². The smallest absolute Gasteiger partial charge is 0.348 e. The zero-order valence-corrected chi connectivity index (χ0v) is 18.7. The lowest BCUT2D eigenvalue weighted by molar-refractivity contribution is 0.0393. The van der Waals surface area contributed by atoms with E-state index in [1.54, 1.807) is 6.92 Å². The van der Waals surface area contributed by atoms with Crippen molar-refractivity contribution in [2.24, 2.45) is 14.1 Å². The lowest BCUT2D eigenvalue weighted by Gasteiger charge is -2.04. The maximum atomic E-state index is 12.6. The molecule has 0 aliphatic heterocycles. The van der Waals surface area contributed by atoms with E-state index in [1.165, 1.54) is 38.0 Å². The minimum atomic E-state index is -0.575. The summed E-state index contributed by atoms with van der Waals surface area (Å²) >= 11 is 7.32. The fourth-order valence-electron chi connectivity index (χ4n) is 2.88. The Morgan fingerprint density at radius 1 is 1.29 bits per heavy atom. The predicted molar refractivity (Wildman–Crippen MR) is 118 cm³/mol. The first kappa shape index (κ1) is 22.7. The van der Waals surface area contributed by atoms with E-state index in [0.29, 0.717) is 10.4 Å². The molecule has 0 fully saturated rings. The SMILES string of the molecule is COCCOC(=O)c1sc2nc(/C(Cl)=C/c3cn(C)c(=O)n(C)c3=O)[nH]c(=O)c2c1C. The van der Waals surface area contributed by atoms with Gasteiger partial charge in [-0.1, -0.05) is 11.6 Å². The van der Waals surface area contributed by atoms with Crippen LogP contribution in [0.25, 0.3) is 21.3 Å². The topological polar surface area (TPSA) is 125 Å². The number of nitrogens with one attached hydrogen (secondary N) is 1. The minimum Gasteiger partial charge on any atom is -0.459 e. The monoisotopic (exact) mass is 466 g/mol. The lowest BCUT2D eigenvalue weighted by Crippen LogP contribution is -2.37. The quantitative estimate of drug-likeness (QED) is 0.427. The van der Waals surface area contributed by atoms with Gasteiger partial charge in [-0.15, -0.1) is 11.3 Å². The summed E-state index contributed by atoms with van der Waals surface area (Å²) in [5.74, 6) is -0.551. The standard InChI is InChI=1S/C19H19ClN4O6S/c1-9-12-15(25)21-14(22-16(12)31-13(9)18(27)30-6-5-29-4)11(20)7-10-8-23(2)19(28)24(3)17(10)26/h7-8H,5-6H2,1-4H3,(H,21,22,25)/b11-7-. The average Bonchev–Trinajstić information content (AvgIpc) is 3.07. The number of hydrogen-bond acceptors (Lipinski definition) is 8. The van der Waals surface area contributed by atoms with Crippen molar-refractivity contribution < 1.29 is 14.3 Å². The minimum absolute atomic E-state index is 0.00924. The van der Waals surface area contributed by atoms with Crippen LogP contribution in [0, 0.1) is 6.92 Å². The van der Waals surface area contributed by atoms with E-state index in [9.17, 15) is 19.2 Å². The number of aryl methyl sites for hydroxylation is 2. The molecule has 3 heterocycles. The zero-order chi connectivity index (χ0) is 22.9. The van der Waals surface area contributed by atoms with Gasteiger partial charge in [0.15, 0.2) is 5.82 Å². The summed E-state index contributed by atoms with van der Waals surface area (Å²) in [6, 6.07) is 0. The third-order valence-corrected chi connectivity index (χ3v) is 5.94. The number of carbonyl (C=O) groups is 1. The van der Waals surface area contributed by atoms with Crippen molar-refractivity contribution in [3.05, 3.63) is 59.2 Å². The van der Waals surface area contributed by atoms with Gasteiger partial charge >= 0.3 is 11.7 Å². The average molecular weight is 467 g/mol. The number of ether oxygens (including phenoxy) is 2. The van der Waals surface area contributed by atoms with E-state index in [2.05, 4.69) is 9.97 Å². The molecule has 0 saturated carbocycles. The van der Waals surface area contributed by atoms with Crippen molar-refractivity contribution in [1.82, 2.24) is 19.1 Å². The van der Waals surface area contributed by atoms with Gasteiger partial charge in [0, 0.05) is 27.4 Å². The molecule has 0 amide bonds. The summed E-state index contributed by atoms with van der Waals surface area (Å²) in [6.07, 6.45) is 2.65. The van der Waals surface area contributed by atoms with Crippen molar-refractivity contribution in [3.63, 3.8) is 0 Å². The molecule has 0 radical (unpaired) electrons. The van der Waals surface area contributed by atoms with Crippen LogP contribution in [0.2, 0.25) is 0 Å². The predicted octanol–water partition coefficient (Wildman–Crippen LogP) is 1.23. The number of fused-ring (bicyclic) bond motifs is 1. The van der Waals surface area contributed by atoms with Gasteiger partial charge < -0.3 is 19.0 Å². The lowest BCUT2D eigenvalue weighted by atomic mass is 10.2. The number of thiophene rings is 1. The first-order valence-corrected chi connectivity index (χ1v) is 10.2. The van der Waals surface area contributed by atoms with Gasteiger partial charge in [-0.2, -0.15) is 0 Å². The van der Waals surface area contributed by atoms with Crippen molar-refractivity contribution in [1.29, 1.82) is 0 Å². The molecule has 0 atom stereocenters. The molecule has 0 aromatic carbocycles. The summed E-state index contributed by atoms with van der Waals surface area (Å²) in [6.45, 7) is 1.97. The normalized spacial score (nSPS) is 11.8. The van der Waals surface area contributed by atoms with E-state index >= 15 is 0 Å². The Balaban J connectivity index is 2.06. The number of esters is 1. The summed E-state index contributed by atoms with van der Waals surface area (Å²) in [7, 11) is 4.34. The molecule has 10 nitrogen and oxygen atoms in total. The van der Waals surface area contributed by atoms with Gasteiger partial charge in [-0.05, 0) is 18.6 Å². The van der Waals surface area contributed by atoms with Crippen LogP contribution in [0.5, 0.6) is 0 Å². The van der Waals surface area contributed by atoms with Crippen LogP contribution in [0.15, 0.2) is 20.6 Å².